The van der Waals surface area contributed by atoms with Gasteiger partial charge in [0.25, 0.3) is 0 Å². The number of nitrogens with zero attached hydrogens (tertiary/aromatic N) is 1. The van der Waals surface area contributed by atoms with Gasteiger partial charge in [0.15, 0.2) is 0 Å². The predicted octanol–water partition coefficient (Wildman–Crippen LogP) is 1.24. The fourth-order valence-electron chi connectivity index (χ4n) is 1.60. The van der Waals surface area contributed by atoms with E-state index in [1.807, 2.05) is 18.7 Å². The fourth-order valence-corrected chi connectivity index (χ4v) is 1.60. The molecular formula is C11H22N2O. The van der Waals surface area contributed by atoms with Gasteiger partial charge in [-0.1, -0.05) is 12.8 Å². The van der Waals surface area contributed by atoms with Gasteiger partial charge in [0.2, 0.25) is 5.91 Å². The first-order valence-electron chi connectivity index (χ1n) is 5.76. The van der Waals surface area contributed by atoms with Crippen molar-refractivity contribution in [1.82, 2.24) is 10.2 Å². The lowest BCUT2D eigenvalue weighted by Crippen LogP contribution is -2.38. The Balaban J connectivity index is 2.00. The van der Waals surface area contributed by atoms with Crippen LogP contribution in [0.4, 0.5) is 0 Å². The van der Waals surface area contributed by atoms with Crippen molar-refractivity contribution < 1.29 is 4.79 Å². The molecular weight excluding hydrogens is 176 g/mol. The van der Waals surface area contributed by atoms with E-state index in [4.69, 9.17) is 0 Å². The molecule has 0 atom stereocenters. The van der Waals surface area contributed by atoms with E-state index >= 15 is 0 Å². The maximum Gasteiger partial charge on any atom is 0.236 e. The van der Waals surface area contributed by atoms with E-state index in [1.165, 1.54) is 19.3 Å². The molecule has 3 nitrogen and oxygen atoms in total. The summed E-state index contributed by atoms with van der Waals surface area (Å²) in [6.45, 7) is 7.18. The largest absolute Gasteiger partial charge is 0.342 e. The summed E-state index contributed by atoms with van der Waals surface area (Å²) in [7, 11) is 0. The molecule has 14 heavy (non-hydrogen) atoms. The average Bonchev–Trinajstić information content (AvgIpc) is 2.98. The second-order valence-corrected chi connectivity index (χ2v) is 3.97. The second-order valence-electron chi connectivity index (χ2n) is 3.97. The highest BCUT2D eigenvalue weighted by atomic mass is 16.2. The van der Waals surface area contributed by atoms with E-state index in [0.717, 1.165) is 25.6 Å². The smallest absolute Gasteiger partial charge is 0.236 e. The molecule has 1 amide bonds. The van der Waals surface area contributed by atoms with Gasteiger partial charge in [0.05, 0.1) is 6.54 Å². The van der Waals surface area contributed by atoms with Crippen LogP contribution >= 0.6 is 0 Å². The van der Waals surface area contributed by atoms with Crippen LogP contribution in [0.15, 0.2) is 0 Å². The molecule has 1 aliphatic carbocycles. The van der Waals surface area contributed by atoms with Gasteiger partial charge < -0.3 is 10.2 Å². The minimum atomic E-state index is 0.228. The van der Waals surface area contributed by atoms with Crippen molar-refractivity contribution in [2.75, 3.05) is 26.2 Å². The van der Waals surface area contributed by atoms with Crippen LogP contribution < -0.4 is 5.32 Å². The van der Waals surface area contributed by atoms with Gasteiger partial charge >= 0.3 is 0 Å². The zero-order valence-corrected chi connectivity index (χ0v) is 9.38. The summed E-state index contributed by atoms with van der Waals surface area (Å²) >= 11 is 0. The summed E-state index contributed by atoms with van der Waals surface area (Å²) in [5, 5.41) is 3.21. The number of nitrogens with one attached hydrogen (secondary N) is 1. The van der Waals surface area contributed by atoms with Crippen molar-refractivity contribution in [3.05, 3.63) is 0 Å². The Kier molecular flexibility index (Phi) is 4.94. The molecule has 0 unspecified atom stereocenters. The standard InChI is InChI=1S/C11H22N2O/c1-3-13(4-2)11(14)9-12-8-7-10-5-6-10/h10,12H,3-9H2,1-2H3. The summed E-state index contributed by atoms with van der Waals surface area (Å²) in [6, 6.07) is 0. The van der Waals surface area contributed by atoms with Gasteiger partial charge in [-0.3, -0.25) is 4.79 Å². The SMILES string of the molecule is CCN(CC)C(=O)CNCCC1CC1. The Morgan fingerprint density at radius 1 is 1.36 bits per heavy atom. The molecule has 0 spiro atoms. The molecule has 0 bridgehead atoms. The molecule has 1 aliphatic rings. The van der Waals surface area contributed by atoms with Gasteiger partial charge in [-0.15, -0.1) is 0 Å². The Bertz CT molecular complexity index is 174. The normalized spacial score (nSPS) is 15.6. The molecule has 3 heteroatoms. The summed E-state index contributed by atoms with van der Waals surface area (Å²) in [5.74, 6) is 1.18. The summed E-state index contributed by atoms with van der Waals surface area (Å²) in [6.07, 6.45) is 4.03. The van der Waals surface area contributed by atoms with E-state index in [-0.39, 0.29) is 5.91 Å². The number of likely N-dealkylation sites (N-methyl/N-ethyl adjacent to an activating group) is 1. The quantitative estimate of drug-likeness (QED) is 0.624. The molecule has 1 saturated carbocycles. The number of hydrogen-bond acceptors (Lipinski definition) is 2. The van der Waals surface area contributed by atoms with Gasteiger partial charge in [-0.05, 0) is 32.7 Å². The van der Waals surface area contributed by atoms with E-state index in [1.54, 1.807) is 0 Å². The van der Waals surface area contributed by atoms with Gasteiger partial charge in [-0.2, -0.15) is 0 Å². The van der Waals surface area contributed by atoms with E-state index in [2.05, 4.69) is 5.32 Å². The Morgan fingerprint density at radius 3 is 2.50 bits per heavy atom. The van der Waals surface area contributed by atoms with Gasteiger partial charge in [0.1, 0.15) is 0 Å². The number of rotatable bonds is 7. The van der Waals surface area contributed by atoms with E-state index < -0.39 is 0 Å². The minimum Gasteiger partial charge on any atom is -0.342 e. The molecule has 0 heterocycles. The predicted molar refractivity (Wildman–Crippen MR) is 58.1 cm³/mol. The van der Waals surface area contributed by atoms with Crippen molar-refractivity contribution >= 4 is 5.91 Å². The Morgan fingerprint density at radius 2 is 2.00 bits per heavy atom. The third-order valence-corrected chi connectivity index (χ3v) is 2.82. The summed E-state index contributed by atoms with van der Waals surface area (Å²) < 4.78 is 0. The molecule has 0 aromatic rings. The van der Waals surface area contributed by atoms with Crippen molar-refractivity contribution in [1.29, 1.82) is 0 Å². The lowest BCUT2D eigenvalue weighted by Gasteiger charge is -2.18. The van der Waals surface area contributed by atoms with Crippen LogP contribution in [0.1, 0.15) is 33.1 Å². The van der Waals surface area contributed by atoms with Crippen LogP contribution in [0.3, 0.4) is 0 Å². The maximum absolute atomic E-state index is 11.5. The average molecular weight is 198 g/mol. The Labute approximate surface area is 86.9 Å². The van der Waals surface area contributed by atoms with Crippen LogP contribution in [0, 0.1) is 5.92 Å². The molecule has 0 saturated heterocycles. The fraction of sp³-hybridized carbons (Fsp3) is 0.909. The summed E-state index contributed by atoms with van der Waals surface area (Å²) in [5.41, 5.74) is 0. The van der Waals surface area contributed by atoms with Crippen LogP contribution in [0.25, 0.3) is 0 Å². The maximum atomic E-state index is 11.5. The molecule has 0 aromatic carbocycles. The van der Waals surface area contributed by atoms with Gasteiger partial charge in [-0.25, -0.2) is 0 Å². The Hall–Kier alpha value is -0.570. The molecule has 82 valence electrons. The van der Waals surface area contributed by atoms with Crippen molar-refractivity contribution in [3.8, 4) is 0 Å². The van der Waals surface area contributed by atoms with Crippen LogP contribution in [-0.4, -0.2) is 37.0 Å². The van der Waals surface area contributed by atoms with Crippen molar-refractivity contribution in [3.63, 3.8) is 0 Å². The number of carbonyl (C=O) groups excluding carboxylic acids is 1. The molecule has 1 rings (SSSR count). The first-order chi connectivity index (χ1) is 6.77. The zero-order chi connectivity index (χ0) is 10.4. The second kappa shape index (κ2) is 6.02. The third kappa shape index (κ3) is 4.09. The zero-order valence-electron chi connectivity index (χ0n) is 9.38. The highest BCUT2D eigenvalue weighted by molar-refractivity contribution is 5.78. The third-order valence-electron chi connectivity index (χ3n) is 2.82. The van der Waals surface area contributed by atoms with E-state index in [0.29, 0.717) is 6.54 Å². The lowest BCUT2D eigenvalue weighted by molar-refractivity contribution is -0.129. The first-order valence-corrected chi connectivity index (χ1v) is 5.76. The number of amides is 1. The lowest BCUT2D eigenvalue weighted by atomic mass is 10.3. The van der Waals surface area contributed by atoms with Gasteiger partial charge in [0, 0.05) is 13.1 Å². The topological polar surface area (TPSA) is 32.3 Å². The van der Waals surface area contributed by atoms with Crippen LogP contribution in [-0.2, 0) is 4.79 Å². The molecule has 0 radical (unpaired) electrons. The van der Waals surface area contributed by atoms with Crippen LogP contribution in [0.5, 0.6) is 0 Å². The molecule has 0 aliphatic heterocycles. The highest BCUT2D eigenvalue weighted by Crippen LogP contribution is 2.31. The first kappa shape index (κ1) is 11.5. The van der Waals surface area contributed by atoms with Crippen molar-refractivity contribution in [2.45, 2.75) is 33.1 Å². The number of carbonyl (C=O) groups is 1. The van der Waals surface area contributed by atoms with Crippen molar-refractivity contribution in [2.24, 2.45) is 5.92 Å². The van der Waals surface area contributed by atoms with Crippen LogP contribution in [0.2, 0.25) is 0 Å². The molecule has 0 aromatic heterocycles. The molecule has 1 N–H and O–H groups in total. The van der Waals surface area contributed by atoms with E-state index in [9.17, 15) is 4.79 Å². The summed E-state index contributed by atoms with van der Waals surface area (Å²) in [4.78, 5) is 13.4. The number of hydrogen-bond donors (Lipinski definition) is 1. The minimum absolute atomic E-state index is 0.228. The highest BCUT2D eigenvalue weighted by Gasteiger charge is 2.20. The monoisotopic (exact) mass is 198 g/mol. The molecule has 1 fully saturated rings.